The number of nitrogens with zero attached hydrogens (tertiary/aromatic N) is 1. The minimum atomic E-state index is -3.72. The molecule has 3 rings (SSSR count). The van der Waals surface area contributed by atoms with E-state index in [0.29, 0.717) is 24.4 Å². The van der Waals surface area contributed by atoms with Crippen molar-refractivity contribution < 1.29 is 17.9 Å². The van der Waals surface area contributed by atoms with Gasteiger partial charge in [0.1, 0.15) is 12.4 Å². The Morgan fingerprint density at radius 3 is 2.19 bits per heavy atom. The summed E-state index contributed by atoms with van der Waals surface area (Å²) >= 11 is 0. The maximum atomic E-state index is 12.9. The van der Waals surface area contributed by atoms with Crippen LogP contribution in [0.3, 0.4) is 0 Å². The molecule has 0 saturated carbocycles. The number of sulfonamides is 1. The molecule has 0 unspecified atom stereocenters. The van der Waals surface area contributed by atoms with Crippen molar-refractivity contribution in [3.05, 3.63) is 89.5 Å². The van der Waals surface area contributed by atoms with Crippen molar-refractivity contribution in [3.8, 4) is 5.75 Å². The van der Waals surface area contributed by atoms with Crippen molar-refractivity contribution in [2.45, 2.75) is 18.7 Å². The van der Waals surface area contributed by atoms with Crippen LogP contribution in [0.1, 0.15) is 21.5 Å². The van der Waals surface area contributed by atoms with Gasteiger partial charge in [-0.05, 0) is 56.3 Å². The van der Waals surface area contributed by atoms with Crippen LogP contribution in [0.25, 0.3) is 0 Å². The fourth-order valence-corrected chi connectivity index (χ4v) is 4.11. The second-order valence-corrected chi connectivity index (χ2v) is 9.22. The fraction of sp³-hybridized carbons (Fsp3) is 0.208. The molecule has 3 aromatic rings. The van der Waals surface area contributed by atoms with E-state index in [1.165, 1.54) is 11.4 Å². The Morgan fingerprint density at radius 2 is 1.55 bits per heavy atom. The van der Waals surface area contributed by atoms with Crippen molar-refractivity contribution in [1.29, 1.82) is 0 Å². The van der Waals surface area contributed by atoms with Gasteiger partial charge in [-0.25, -0.2) is 8.42 Å². The summed E-state index contributed by atoms with van der Waals surface area (Å²) < 4.78 is 32.6. The molecule has 0 saturated heterocycles. The van der Waals surface area contributed by atoms with Gasteiger partial charge in [0.25, 0.3) is 15.9 Å². The summed E-state index contributed by atoms with van der Waals surface area (Å²) in [7, 11) is -2.25. The topological polar surface area (TPSA) is 75.7 Å². The van der Waals surface area contributed by atoms with Gasteiger partial charge in [0.2, 0.25) is 0 Å². The van der Waals surface area contributed by atoms with Gasteiger partial charge in [-0.15, -0.1) is 0 Å². The number of benzene rings is 3. The molecule has 0 aromatic heterocycles. The molecule has 0 atom stereocenters. The molecule has 31 heavy (non-hydrogen) atoms. The number of anilines is 1. The summed E-state index contributed by atoms with van der Waals surface area (Å²) in [4.78, 5) is 12.7. The monoisotopic (exact) mass is 438 g/mol. The molecule has 1 amide bonds. The second kappa shape index (κ2) is 9.66. The summed E-state index contributed by atoms with van der Waals surface area (Å²) in [5, 5.41) is 2.79. The number of amides is 1. The average Bonchev–Trinajstić information content (AvgIpc) is 2.77. The van der Waals surface area contributed by atoms with E-state index >= 15 is 0 Å². The predicted octanol–water partition coefficient (Wildman–Crippen LogP) is 3.94. The van der Waals surface area contributed by atoms with E-state index in [2.05, 4.69) is 5.32 Å². The molecule has 0 fully saturated rings. The third-order valence-corrected chi connectivity index (χ3v) is 6.63. The van der Waals surface area contributed by atoms with E-state index in [1.807, 2.05) is 38.1 Å². The van der Waals surface area contributed by atoms with E-state index in [4.69, 9.17) is 4.74 Å². The van der Waals surface area contributed by atoms with E-state index < -0.39 is 10.0 Å². The standard InChI is InChI=1S/C24H26N2O4S/c1-18-7-11-22(12-8-18)30-16-15-25-24(27)20-5-4-6-21(17-20)26(3)31(28,29)23-13-9-19(2)10-14-23/h4-14,17H,15-16H2,1-3H3,(H,25,27). The molecular formula is C24H26N2O4S. The smallest absolute Gasteiger partial charge is 0.264 e. The quantitative estimate of drug-likeness (QED) is 0.541. The molecular weight excluding hydrogens is 412 g/mol. The third kappa shape index (κ3) is 5.64. The van der Waals surface area contributed by atoms with Crippen molar-refractivity contribution in [2.75, 3.05) is 24.5 Å². The first-order valence-electron chi connectivity index (χ1n) is 9.91. The van der Waals surface area contributed by atoms with E-state index in [-0.39, 0.29) is 10.8 Å². The highest BCUT2D eigenvalue weighted by molar-refractivity contribution is 7.92. The normalized spacial score (nSPS) is 11.1. The summed E-state index contributed by atoms with van der Waals surface area (Å²) in [6.07, 6.45) is 0. The lowest BCUT2D eigenvalue weighted by Gasteiger charge is -2.20. The number of carbonyl (C=O) groups excluding carboxylic acids is 1. The summed E-state index contributed by atoms with van der Waals surface area (Å²) in [5.41, 5.74) is 2.91. The maximum Gasteiger partial charge on any atom is 0.264 e. The Balaban J connectivity index is 1.62. The van der Waals surface area contributed by atoms with E-state index in [0.717, 1.165) is 16.9 Å². The number of hydrogen-bond acceptors (Lipinski definition) is 4. The van der Waals surface area contributed by atoms with Crippen LogP contribution in [0.5, 0.6) is 5.75 Å². The second-order valence-electron chi connectivity index (χ2n) is 7.25. The Hall–Kier alpha value is -3.32. The number of ether oxygens (including phenoxy) is 1. The van der Waals surface area contributed by atoms with Crippen molar-refractivity contribution in [1.82, 2.24) is 5.32 Å². The van der Waals surface area contributed by atoms with Gasteiger partial charge in [0.15, 0.2) is 0 Å². The van der Waals surface area contributed by atoms with Crippen molar-refractivity contribution >= 4 is 21.6 Å². The van der Waals surface area contributed by atoms with Gasteiger partial charge >= 0.3 is 0 Å². The molecule has 7 heteroatoms. The van der Waals surface area contributed by atoms with Gasteiger partial charge in [-0.3, -0.25) is 9.10 Å². The lowest BCUT2D eigenvalue weighted by Crippen LogP contribution is -2.29. The molecule has 0 heterocycles. The molecule has 3 aromatic carbocycles. The summed E-state index contributed by atoms with van der Waals surface area (Å²) in [5.74, 6) is 0.445. The fourth-order valence-electron chi connectivity index (χ4n) is 2.92. The van der Waals surface area contributed by atoms with Gasteiger partial charge in [-0.1, -0.05) is 41.5 Å². The Kier molecular flexibility index (Phi) is 6.97. The maximum absolute atomic E-state index is 12.9. The molecule has 0 spiro atoms. The molecule has 0 aliphatic rings. The van der Waals surface area contributed by atoms with Gasteiger partial charge < -0.3 is 10.1 Å². The number of aryl methyl sites for hydroxylation is 2. The lowest BCUT2D eigenvalue weighted by atomic mass is 10.2. The lowest BCUT2D eigenvalue weighted by molar-refractivity contribution is 0.0947. The highest BCUT2D eigenvalue weighted by Crippen LogP contribution is 2.23. The van der Waals surface area contributed by atoms with Crippen LogP contribution >= 0.6 is 0 Å². The Labute approximate surface area is 183 Å². The van der Waals surface area contributed by atoms with Gasteiger partial charge in [0, 0.05) is 12.6 Å². The summed E-state index contributed by atoms with van der Waals surface area (Å²) in [6.45, 7) is 4.56. The molecule has 0 aliphatic carbocycles. The molecule has 162 valence electrons. The third-order valence-electron chi connectivity index (χ3n) is 4.83. The first kappa shape index (κ1) is 22.4. The van der Waals surface area contributed by atoms with Crippen LogP contribution in [0.15, 0.2) is 77.7 Å². The zero-order valence-corrected chi connectivity index (χ0v) is 18.6. The van der Waals surface area contributed by atoms with E-state index in [9.17, 15) is 13.2 Å². The minimum absolute atomic E-state index is 0.198. The molecule has 1 N–H and O–H groups in total. The van der Waals surface area contributed by atoms with Crippen LogP contribution in [0.2, 0.25) is 0 Å². The van der Waals surface area contributed by atoms with Crippen LogP contribution < -0.4 is 14.4 Å². The van der Waals surface area contributed by atoms with Gasteiger partial charge in [-0.2, -0.15) is 0 Å². The average molecular weight is 439 g/mol. The number of rotatable bonds is 8. The number of nitrogens with one attached hydrogen (secondary N) is 1. The van der Waals surface area contributed by atoms with Crippen molar-refractivity contribution in [2.24, 2.45) is 0 Å². The van der Waals surface area contributed by atoms with Crippen LogP contribution in [0, 0.1) is 13.8 Å². The van der Waals surface area contributed by atoms with Crippen LogP contribution in [0.4, 0.5) is 5.69 Å². The van der Waals surface area contributed by atoms with Gasteiger partial charge in [0.05, 0.1) is 17.1 Å². The molecule has 0 radical (unpaired) electrons. The highest BCUT2D eigenvalue weighted by atomic mass is 32.2. The van der Waals surface area contributed by atoms with Crippen LogP contribution in [-0.2, 0) is 10.0 Å². The zero-order valence-electron chi connectivity index (χ0n) is 17.8. The van der Waals surface area contributed by atoms with Crippen molar-refractivity contribution in [3.63, 3.8) is 0 Å². The molecule has 0 bridgehead atoms. The van der Waals surface area contributed by atoms with E-state index in [1.54, 1.807) is 48.5 Å². The largest absolute Gasteiger partial charge is 0.492 e. The number of hydrogen-bond donors (Lipinski definition) is 1. The first-order valence-corrected chi connectivity index (χ1v) is 11.3. The first-order chi connectivity index (χ1) is 14.8. The highest BCUT2D eigenvalue weighted by Gasteiger charge is 2.21. The Morgan fingerprint density at radius 1 is 0.935 bits per heavy atom. The molecule has 0 aliphatic heterocycles. The minimum Gasteiger partial charge on any atom is -0.492 e. The Bertz CT molecular complexity index is 1140. The predicted molar refractivity (Wildman–Crippen MR) is 122 cm³/mol. The molecule has 6 nitrogen and oxygen atoms in total. The number of carbonyl (C=O) groups is 1. The zero-order chi connectivity index (χ0) is 22.4. The van der Waals surface area contributed by atoms with Crippen LogP contribution in [-0.4, -0.2) is 34.5 Å². The summed E-state index contributed by atoms with van der Waals surface area (Å²) in [6, 6.07) is 20.9. The SMILES string of the molecule is Cc1ccc(OCCNC(=O)c2cccc(N(C)S(=O)(=O)c3ccc(C)cc3)c2)cc1.